The van der Waals surface area contributed by atoms with Crippen molar-refractivity contribution in [2.45, 2.75) is 18.7 Å². The summed E-state index contributed by atoms with van der Waals surface area (Å²) < 4.78 is 3.28. The van der Waals surface area contributed by atoms with Crippen molar-refractivity contribution in [1.29, 1.82) is 0 Å². The number of rotatable bonds is 4. The maximum absolute atomic E-state index is 5.96. The minimum Gasteiger partial charge on any atom is -0.310 e. The molecule has 116 valence electrons. The number of aryl methyl sites for hydroxylation is 2. The highest BCUT2D eigenvalue weighted by Gasteiger charge is 2.04. The fourth-order valence-electron chi connectivity index (χ4n) is 2.36. The van der Waals surface area contributed by atoms with Gasteiger partial charge in [-0.3, -0.25) is 0 Å². The van der Waals surface area contributed by atoms with Crippen molar-refractivity contribution in [2.24, 2.45) is 0 Å². The molecule has 0 saturated carbocycles. The summed E-state index contributed by atoms with van der Waals surface area (Å²) in [4.78, 5) is 5.60. The molecular weight excluding hydrogens is 324 g/mol. The van der Waals surface area contributed by atoms with Gasteiger partial charge >= 0.3 is 0 Å². The number of nitrogens with zero attached hydrogens (tertiary/aromatic N) is 1. The van der Waals surface area contributed by atoms with Crippen LogP contribution in [-0.4, -0.2) is 4.98 Å². The quantitative estimate of drug-likeness (QED) is 0.577. The second-order valence-corrected chi connectivity index (χ2v) is 6.67. The average Bonchev–Trinajstić information content (AvgIpc) is 2.54. The van der Waals surface area contributed by atoms with Crippen LogP contribution in [-0.2, 0) is 0 Å². The van der Waals surface area contributed by atoms with E-state index in [0.29, 0.717) is 0 Å². The van der Waals surface area contributed by atoms with Gasteiger partial charge in [0.05, 0.1) is 0 Å². The van der Waals surface area contributed by atoms with Crippen LogP contribution in [0.3, 0.4) is 0 Å². The van der Waals surface area contributed by atoms with Gasteiger partial charge in [0.25, 0.3) is 0 Å². The predicted octanol–water partition coefficient (Wildman–Crippen LogP) is 6.14. The highest BCUT2D eigenvalue weighted by molar-refractivity contribution is 8.00. The van der Waals surface area contributed by atoms with Crippen molar-refractivity contribution in [2.75, 3.05) is 4.72 Å². The highest BCUT2D eigenvalue weighted by atomic mass is 35.5. The molecule has 0 aliphatic heterocycles. The van der Waals surface area contributed by atoms with Crippen molar-refractivity contribution in [3.8, 4) is 11.1 Å². The number of nitrogens with one attached hydrogen (secondary N) is 1. The third-order valence-electron chi connectivity index (χ3n) is 3.51. The number of aromatic nitrogens is 1. The molecular formula is C19H17ClN2S. The van der Waals surface area contributed by atoms with Crippen LogP contribution in [0.2, 0.25) is 5.02 Å². The van der Waals surface area contributed by atoms with E-state index in [9.17, 15) is 0 Å². The molecule has 0 saturated heterocycles. The normalized spacial score (nSPS) is 10.6. The van der Waals surface area contributed by atoms with Gasteiger partial charge < -0.3 is 4.72 Å². The van der Waals surface area contributed by atoms with Crippen LogP contribution >= 0.6 is 23.5 Å². The minimum atomic E-state index is 0.758. The molecule has 0 fully saturated rings. The largest absolute Gasteiger partial charge is 0.310 e. The summed E-state index contributed by atoms with van der Waals surface area (Å²) in [6.45, 7) is 4.11. The smallest absolute Gasteiger partial charge is 0.136 e. The van der Waals surface area contributed by atoms with Crippen LogP contribution in [0, 0.1) is 13.8 Å². The Balaban J connectivity index is 1.75. The van der Waals surface area contributed by atoms with Crippen molar-refractivity contribution in [3.63, 3.8) is 0 Å². The van der Waals surface area contributed by atoms with Gasteiger partial charge in [-0.2, -0.15) is 0 Å². The molecule has 1 heterocycles. The molecule has 3 rings (SSSR count). The van der Waals surface area contributed by atoms with E-state index in [1.165, 1.54) is 16.7 Å². The molecule has 2 aromatic carbocycles. The SMILES string of the molecule is Cc1cccc(NSc2ccc(-c3ccc(Cl)cc3)c(C)c2)n1. The summed E-state index contributed by atoms with van der Waals surface area (Å²) in [6.07, 6.45) is 0. The lowest BCUT2D eigenvalue weighted by atomic mass is 10.0. The van der Waals surface area contributed by atoms with E-state index in [2.05, 4.69) is 34.8 Å². The molecule has 0 aliphatic carbocycles. The first-order chi connectivity index (χ1) is 11.1. The van der Waals surface area contributed by atoms with Crippen LogP contribution in [0.15, 0.2) is 65.6 Å². The van der Waals surface area contributed by atoms with Gasteiger partial charge in [-0.1, -0.05) is 35.9 Å². The Bertz CT molecular complexity index is 816. The van der Waals surface area contributed by atoms with Crippen molar-refractivity contribution >= 4 is 29.4 Å². The van der Waals surface area contributed by atoms with Crippen molar-refractivity contribution in [1.82, 2.24) is 4.98 Å². The van der Waals surface area contributed by atoms with Crippen molar-refractivity contribution in [3.05, 3.63) is 76.9 Å². The third kappa shape index (κ3) is 4.06. The summed E-state index contributed by atoms with van der Waals surface area (Å²) in [5, 5.41) is 0.758. The van der Waals surface area contributed by atoms with Gasteiger partial charge in [-0.05, 0) is 78.9 Å². The second kappa shape index (κ2) is 7.07. The third-order valence-corrected chi connectivity index (χ3v) is 4.57. The molecule has 4 heteroatoms. The molecule has 2 nitrogen and oxygen atoms in total. The van der Waals surface area contributed by atoms with E-state index in [1.54, 1.807) is 11.9 Å². The summed E-state index contributed by atoms with van der Waals surface area (Å²) in [5.41, 5.74) is 4.64. The number of halogens is 1. The molecule has 0 spiro atoms. The summed E-state index contributed by atoms with van der Waals surface area (Å²) in [6, 6.07) is 20.3. The molecule has 0 radical (unpaired) electrons. The van der Waals surface area contributed by atoms with Crippen molar-refractivity contribution < 1.29 is 0 Å². The Morgan fingerprint density at radius 2 is 1.74 bits per heavy atom. The van der Waals surface area contributed by atoms with Gasteiger partial charge in [-0.25, -0.2) is 4.98 Å². The molecule has 1 aromatic heterocycles. The van der Waals surface area contributed by atoms with Crippen LogP contribution in [0.1, 0.15) is 11.3 Å². The zero-order valence-electron chi connectivity index (χ0n) is 13.0. The van der Waals surface area contributed by atoms with E-state index in [-0.39, 0.29) is 0 Å². The van der Waals surface area contributed by atoms with E-state index in [1.807, 2.05) is 49.4 Å². The molecule has 0 aliphatic rings. The van der Waals surface area contributed by atoms with Gasteiger partial charge in [0.15, 0.2) is 0 Å². The lowest BCUT2D eigenvalue weighted by Crippen LogP contribution is -1.92. The topological polar surface area (TPSA) is 24.9 Å². The van der Waals surface area contributed by atoms with E-state index in [4.69, 9.17) is 11.6 Å². The number of pyridine rings is 1. The molecule has 0 atom stereocenters. The first kappa shape index (κ1) is 15.9. The van der Waals surface area contributed by atoms with Gasteiger partial charge in [0, 0.05) is 15.6 Å². The average molecular weight is 341 g/mol. The minimum absolute atomic E-state index is 0.758. The Hall–Kier alpha value is -1.97. The highest BCUT2D eigenvalue weighted by Crippen LogP contribution is 2.29. The van der Waals surface area contributed by atoms with Crippen LogP contribution < -0.4 is 4.72 Å². The van der Waals surface area contributed by atoms with E-state index in [0.717, 1.165) is 21.4 Å². The summed E-state index contributed by atoms with van der Waals surface area (Å²) in [7, 11) is 0. The number of hydrogen-bond donors (Lipinski definition) is 1. The number of benzene rings is 2. The molecule has 1 N–H and O–H groups in total. The fraction of sp³-hybridized carbons (Fsp3) is 0.105. The Morgan fingerprint density at radius 3 is 2.43 bits per heavy atom. The Kier molecular flexibility index (Phi) is 4.89. The maximum Gasteiger partial charge on any atom is 0.136 e. The first-order valence-electron chi connectivity index (χ1n) is 7.35. The standard InChI is InChI=1S/C19H17ClN2S/c1-13-12-17(23-22-19-5-3-4-14(2)21-19)10-11-18(13)15-6-8-16(20)9-7-15/h3-12H,1-2H3,(H,21,22). The van der Waals surface area contributed by atoms with Crippen LogP contribution in [0.25, 0.3) is 11.1 Å². The second-order valence-electron chi connectivity index (χ2n) is 5.35. The maximum atomic E-state index is 5.96. The van der Waals surface area contributed by atoms with E-state index >= 15 is 0 Å². The summed E-state index contributed by atoms with van der Waals surface area (Å²) in [5.74, 6) is 0.870. The monoisotopic (exact) mass is 340 g/mol. The number of hydrogen-bond acceptors (Lipinski definition) is 3. The lowest BCUT2D eigenvalue weighted by Gasteiger charge is -2.10. The first-order valence-corrected chi connectivity index (χ1v) is 8.54. The molecule has 0 bridgehead atoms. The molecule has 3 aromatic rings. The molecule has 23 heavy (non-hydrogen) atoms. The Morgan fingerprint density at radius 1 is 0.957 bits per heavy atom. The molecule has 0 amide bonds. The summed E-state index contributed by atoms with van der Waals surface area (Å²) >= 11 is 7.53. The Labute approximate surface area is 146 Å². The fourth-order valence-corrected chi connectivity index (χ4v) is 3.20. The number of anilines is 1. The molecule has 0 unspecified atom stereocenters. The van der Waals surface area contributed by atoms with Gasteiger partial charge in [0.1, 0.15) is 5.82 Å². The zero-order chi connectivity index (χ0) is 16.2. The van der Waals surface area contributed by atoms with E-state index < -0.39 is 0 Å². The zero-order valence-corrected chi connectivity index (χ0v) is 14.6. The van der Waals surface area contributed by atoms with Gasteiger partial charge in [-0.15, -0.1) is 0 Å². The van der Waals surface area contributed by atoms with Crippen LogP contribution in [0.4, 0.5) is 5.82 Å². The lowest BCUT2D eigenvalue weighted by molar-refractivity contribution is 1.21. The van der Waals surface area contributed by atoms with Gasteiger partial charge in [0.2, 0.25) is 0 Å². The van der Waals surface area contributed by atoms with Crippen LogP contribution in [0.5, 0.6) is 0 Å². The predicted molar refractivity (Wildman–Crippen MR) is 100 cm³/mol.